The maximum Gasteiger partial charge on any atom is 0.340 e. The Bertz CT molecular complexity index is 2210. The summed E-state index contributed by atoms with van der Waals surface area (Å²) in [5.41, 5.74) is 6.26. The number of ether oxygens (including phenoxy) is 2. The predicted molar refractivity (Wildman–Crippen MR) is 188 cm³/mol. The fourth-order valence-corrected chi connectivity index (χ4v) is 7.05. The summed E-state index contributed by atoms with van der Waals surface area (Å²) in [5, 5.41) is 4.24. The van der Waals surface area contributed by atoms with E-state index in [0.717, 1.165) is 55.4 Å². The first-order chi connectivity index (χ1) is 23.7. The number of carbonyl (C=O) groups excluding carboxylic acids is 2. The average molecular weight is 625 g/mol. The summed E-state index contributed by atoms with van der Waals surface area (Å²) in [4.78, 5) is 30.4. The highest BCUT2D eigenvalue weighted by atomic mass is 16.6. The van der Waals surface area contributed by atoms with Gasteiger partial charge in [-0.1, -0.05) is 109 Å². The Morgan fingerprint density at radius 2 is 0.771 bits per heavy atom. The van der Waals surface area contributed by atoms with Gasteiger partial charge >= 0.3 is 11.9 Å². The molecule has 2 aliphatic heterocycles. The lowest BCUT2D eigenvalue weighted by molar-refractivity contribution is 0.0389. The minimum absolute atomic E-state index is 0.346. The zero-order chi connectivity index (χ0) is 32.2. The van der Waals surface area contributed by atoms with Crippen molar-refractivity contribution in [2.75, 3.05) is 9.80 Å². The first-order valence-electron chi connectivity index (χ1n) is 15.9. The fourth-order valence-electron chi connectivity index (χ4n) is 7.05. The lowest BCUT2D eigenvalue weighted by Crippen LogP contribution is -2.25. The summed E-state index contributed by atoms with van der Waals surface area (Å²) in [7, 11) is 0. The SMILES string of the molecule is O=C1OC(N(c2ccc(N(c3cccc4ccccc34)C3OC(=O)c4ccccc43)cc2)c2cccc3ccccc23)c2ccccc21. The molecule has 7 aromatic carbocycles. The molecule has 2 aliphatic rings. The van der Waals surface area contributed by atoms with Crippen LogP contribution in [-0.4, -0.2) is 11.9 Å². The molecule has 0 bridgehead atoms. The van der Waals surface area contributed by atoms with E-state index in [1.165, 1.54) is 0 Å². The third-order valence-corrected chi connectivity index (χ3v) is 9.26. The molecular formula is C42H28N2O4. The van der Waals surface area contributed by atoms with Gasteiger partial charge in [0.25, 0.3) is 0 Å². The monoisotopic (exact) mass is 624 g/mol. The van der Waals surface area contributed by atoms with Gasteiger partial charge in [0, 0.05) is 33.3 Å². The van der Waals surface area contributed by atoms with Crippen LogP contribution in [0.15, 0.2) is 158 Å². The van der Waals surface area contributed by atoms with Crippen LogP contribution in [-0.2, 0) is 9.47 Å². The second-order valence-electron chi connectivity index (χ2n) is 11.9. The van der Waals surface area contributed by atoms with E-state index in [-0.39, 0.29) is 11.9 Å². The number of carbonyl (C=O) groups is 2. The van der Waals surface area contributed by atoms with E-state index in [1.54, 1.807) is 0 Å². The quantitative estimate of drug-likeness (QED) is 0.172. The second kappa shape index (κ2) is 11.1. The molecule has 9 rings (SSSR count). The number of benzene rings is 7. The molecule has 230 valence electrons. The van der Waals surface area contributed by atoms with E-state index < -0.39 is 12.5 Å². The van der Waals surface area contributed by atoms with Crippen LogP contribution in [0, 0.1) is 0 Å². The Morgan fingerprint density at radius 3 is 1.23 bits per heavy atom. The largest absolute Gasteiger partial charge is 0.433 e. The van der Waals surface area contributed by atoms with Crippen LogP contribution < -0.4 is 9.80 Å². The first-order valence-corrected chi connectivity index (χ1v) is 15.9. The molecule has 2 atom stereocenters. The molecule has 0 saturated heterocycles. The fraction of sp³-hybridized carbons (Fsp3) is 0.0476. The summed E-state index contributed by atoms with van der Waals surface area (Å²) in [6.45, 7) is 0. The first kappa shape index (κ1) is 27.9. The van der Waals surface area contributed by atoms with Crippen LogP contribution in [0.25, 0.3) is 21.5 Å². The van der Waals surface area contributed by atoms with E-state index in [9.17, 15) is 9.59 Å². The van der Waals surface area contributed by atoms with Crippen molar-refractivity contribution in [1.29, 1.82) is 0 Å². The van der Waals surface area contributed by atoms with Crippen molar-refractivity contribution >= 4 is 56.2 Å². The van der Waals surface area contributed by atoms with Crippen molar-refractivity contribution in [2.45, 2.75) is 12.5 Å². The lowest BCUT2D eigenvalue weighted by Gasteiger charge is -2.33. The highest BCUT2D eigenvalue weighted by Gasteiger charge is 2.38. The molecule has 0 saturated carbocycles. The minimum Gasteiger partial charge on any atom is -0.433 e. The molecule has 0 aromatic heterocycles. The molecule has 7 aromatic rings. The standard InChI is InChI=1S/C42H28N2O4/c45-41-35-19-7-5-17-33(35)39(47-41)43(37-21-9-13-27-11-1-3-15-31(27)37)29-23-25-30(26-24-29)44(38-22-10-14-28-12-2-4-16-32(28)38)40-34-18-6-8-20-36(34)42(46)48-40/h1-26,39-40H. The molecule has 0 N–H and O–H groups in total. The Hall–Kier alpha value is -6.40. The third kappa shape index (κ3) is 4.42. The molecule has 48 heavy (non-hydrogen) atoms. The highest BCUT2D eigenvalue weighted by molar-refractivity contribution is 6.00. The zero-order valence-electron chi connectivity index (χ0n) is 25.7. The number of anilines is 4. The zero-order valence-corrected chi connectivity index (χ0v) is 25.7. The molecule has 2 heterocycles. The van der Waals surface area contributed by atoms with E-state index in [2.05, 4.69) is 58.3 Å². The summed E-state index contributed by atoms with van der Waals surface area (Å²) in [6, 6.07) is 52.0. The molecule has 0 aliphatic carbocycles. The van der Waals surface area contributed by atoms with E-state index in [4.69, 9.17) is 9.47 Å². The molecule has 0 fully saturated rings. The van der Waals surface area contributed by atoms with Crippen LogP contribution in [0.3, 0.4) is 0 Å². The normalized spacial score (nSPS) is 16.3. The number of rotatable bonds is 6. The minimum atomic E-state index is -0.665. The number of fused-ring (bicyclic) bond motifs is 4. The maximum absolute atomic E-state index is 13.1. The van der Waals surface area contributed by atoms with Crippen LogP contribution >= 0.6 is 0 Å². The molecule has 0 radical (unpaired) electrons. The summed E-state index contributed by atoms with van der Waals surface area (Å²) in [5.74, 6) is -0.692. The van der Waals surface area contributed by atoms with Gasteiger partial charge < -0.3 is 19.3 Å². The number of esters is 2. The Labute approximate surface area is 277 Å². The van der Waals surface area contributed by atoms with Crippen molar-refractivity contribution in [2.24, 2.45) is 0 Å². The van der Waals surface area contributed by atoms with Crippen LogP contribution in [0.1, 0.15) is 44.3 Å². The summed E-state index contributed by atoms with van der Waals surface area (Å²) < 4.78 is 12.2. The van der Waals surface area contributed by atoms with Crippen molar-refractivity contribution in [1.82, 2.24) is 0 Å². The van der Waals surface area contributed by atoms with Crippen molar-refractivity contribution in [3.63, 3.8) is 0 Å². The van der Waals surface area contributed by atoms with Gasteiger partial charge in [-0.2, -0.15) is 0 Å². The molecule has 0 spiro atoms. The topological polar surface area (TPSA) is 59.1 Å². The number of nitrogens with zero attached hydrogens (tertiary/aromatic N) is 2. The molecular weight excluding hydrogens is 596 g/mol. The van der Waals surface area contributed by atoms with Crippen molar-refractivity contribution in [3.8, 4) is 0 Å². The molecule has 0 amide bonds. The second-order valence-corrected chi connectivity index (χ2v) is 11.9. The van der Waals surface area contributed by atoms with Gasteiger partial charge in [0.05, 0.1) is 22.5 Å². The highest BCUT2D eigenvalue weighted by Crippen LogP contribution is 2.47. The van der Waals surface area contributed by atoms with Gasteiger partial charge in [0.1, 0.15) is 0 Å². The van der Waals surface area contributed by atoms with Gasteiger partial charge in [0.2, 0.25) is 12.5 Å². The number of hydrogen-bond acceptors (Lipinski definition) is 6. The molecule has 2 unspecified atom stereocenters. The van der Waals surface area contributed by atoms with Gasteiger partial charge in [0.15, 0.2) is 0 Å². The summed E-state index contributed by atoms with van der Waals surface area (Å²) >= 11 is 0. The van der Waals surface area contributed by atoms with Crippen LogP contribution in [0.4, 0.5) is 22.7 Å². The van der Waals surface area contributed by atoms with Gasteiger partial charge in [-0.25, -0.2) is 9.59 Å². The van der Waals surface area contributed by atoms with Crippen molar-refractivity contribution < 1.29 is 19.1 Å². The average Bonchev–Trinajstić information content (AvgIpc) is 3.65. The maximum atomic E-state index is 13.1. The van der Waals surface area contributed by atoms with Crippen LogP contribution in [0.5, 0.6) is 0 Å². The summed E-state index contributed by atoms with van der Waals surface area (Å²) in [6.07, 6.45) is -1.33. The van der Waals surface area contributed by atoms with Crippen LogP contribution in [0.2, 0.25) is 0 Å². The van der Waals surface area contributed by atoms with Crippen molar-refractivity contribution in [3.05, 3.63) is 180 Å². The van der Waals surface area contributed by atoms with E-state index in [1.807, 2.05) is 109 Å². The Balaban J connectivity index is 1.21. The van der Waals surface area contributed by atoms with Gasteiger partial charge in [-0.15, -0.1) is 0 Å². The third-order valence-electron chi connectivity index (χ3n) is 9.26. The van der Waals surface area contributed by atoms with E-state index >= 15 is 0 Å². The predicted octanol–water partition coefficient (Wildman–Crippen LogP) is 10.0. The van der Waals surface area contributed by atoms with Gasteiger partial charge in [-0.3, -0.25) is 0 Å². The smallest absolute Gasteiger partial charge is 0.340 e. The number of hydrogen-bond donors (Lipinski definition) is 0. The molecule has 6 heteroatoms. The Kier molecular flexibility index (Phi) is 6.47. The van der Waals surface area contributed by atoms with Gasteiger partial charge in [-0.05, 0) is 59.3 Å². The number of cyclic esters (lactones) is 2. The Morgan fingerprint density at radius 1 is 0.396 bits per heavy atom. The molecule has 6 nitrogen and oxygen atoms in total. The lowest BCUT2D eigenvalue weighted by atomic mass is 10.0. The van der Waals surface area contributed by atoms with E-state index in [0.29, 0.717) is 11.1 Å².